The van der Waals surface area contributed by atoms with E-state index in [-0.39, 0.29) is 0 Å². The van der Waals surface area contributed by atoms with Crippen LogP contribution in [0.1, 0.15) is 39.5 Å². The highest BCUT2D eigenvalue weighted by Gasteiger charge is 2.41. The Bertz CT molecular complexity index is 300. The Morgan fingerprint density at radius 3 is 2.60 bits per heavy atom. The minimum atomic E-state index is 0.382. The number of ether oxygens (including phenoxy) is 1. The van der Waals surface area contributed by atoms with Gasteiger partial charge in [0.15, 0.2) is 0 Å². The number of fused-ring (bicyclic) bond motifs is 1. The standard InChI is InChI=1S/C17H32N2O/c1-14(2)8-18-11-17(6-7-20-13-17)12-19-9-15-4-3-5-16(15)10-19/h14-16,18H,3-13H2,1-2H3. The zero-order valence-electron chi connectivity index (χ0n) is 13.4. The highest BCUT2D eigenvalue weighted by molar-refractivity contribution is 4.94. The van der Waals surface area contributed by atoms with E-state index in [1.54, 1.807) is 0 Å². The molecular weight excluding hydrogens is 248 g/mol. The Balaban J connectivity index is 1.52. The Hall–Kier alpha value is -0.120. The number of nitrogens with zero attached hydrogens (tertiary/aromatic N) is 1. The maximum atomic E-state index is 5.76. The van der Waals surface area contributed by atoms with Crippen LogP contribution < -0.4 is 5.32 Å². The summed E-state index contributed by atoms with van der Waals surface area (Å²) in [5.41, 5.74) is 0.382. The van der Waals surface area contributed by atoms with Crippen LogP contribution in [0.3, 0.4) is 0 Å². The van der Waals surface area contributed by atoms with Gasteiger partial charge in [0.05, 0.1) is 6.61 Å². The van der Waals surface area contributed by atoms with Gasteiger partial charge in [-0.1, -0.05) is 20.3 Å². The molecule has 2 heterocycles. The molecule has 3 nitrogen and oxygen atoms in total. The summed E-state index contributed by atoms with van der Waals surface area (Å²) in [7, 11) is 0. The molecule has 0 aromatic carbocycles. The van der Waals surface area contributed by atoms with E-state index in [1.165, 1.54) is 45.3 Å². The molecule has 0 radical (unpaired) electrons. The molecule has 3 atom stereocenters. The van der Waals surface area contributed by atoms with Crippen LogP contribution in [-0.4, -0.2) is 50.8 Å². The van der Waals surface area contributed by atoms with Gasteiger partial charge in [-0.15, -0.1) is 0 Å². The molecule has 2 saturated heterocycles. The molecule has 1 aliphatic carbocycles. The van der Waals surface area contributed by atoms with Crippen molar-refractivity contribution in [3.8, 4) is 0 Å². The lowest BCUT2D eigenvalue weighted by Gasteiger charge is -2.33. The smallest absolute Gasteiger partial charge is 0.0547 e. The van der Waals surface area contributed by atoms with Crippen LogP contribution in [0.2, 0.25) is 0 Å². The van der Waals surface area contributed by atoms with Crippen molar-refractivity contribution in [3.63, 3.8) is 0 Å². The quantitative estimate of drug-likeness (QED) is 0.808. The lowest BCUT2D eigenvalue weighted by Crippen LogP contribution is -2.45. The lowest BCUT2D eigenvalue weighted by molar-refractivity contribution is 0.114. The summed E-state index contributed by atoms with van der Waals surface area (Å²) >= 11 is 0. The summed E-state index contributed by atoms with van der Waals surface area (Å²) in [5.74, 6) is 2.76. The van der Waals surface area contributed by atoms with Crippen LogP contribution in [0.5, 0.6) is 0 Å². The third-order valence-electron chi connectivity index (χ3n) is 5.60. The van der Waals surface area contributed by atoms with E-state index in [4.69, 9.17) is 4.74 Å². The highest BCUT2D eigenvalue weighted by atomic mass is 16.5. The molecule has 3 fully saturated rings. The predicted molar refractivity (Wildman–Crippen MR) is 82.8 cm³/mol. The number of hydrogen-bond donors (Lipinski definition) is 1. The summed E-state index contributed by atoms with van der Waals surface area (Å²) in [6, 6.07) is 0. The van der Waals surface area contributed by atoms with Crippen molar-refractivity contribution in [2.45, 2.75) is 39.5 Å². The summed E-state index contributed by atoms with van der Waals surface area (Å²) < 4.78 is 5.76. The molecule has 0 spiro atoms. The van der Waals surface area contributed by atoms with Crippen LogP contribution in [0.25, 0.3) is 0 Å². The molecule has 0 amide bonds. The lowest BCUT2D eigenvalue weighted by atomic mass is 9.86. The molecule has 0 bridgehead atoms. The third-order valence-corrected chi connectivity index (χ3v) is 5.60. The van der Waals surface area contributed by atoms with E-state index in [0.29, 0.717) is 5.41 Å². The van der Waals surface area contributed by atoms with Gasteiger partial charge in [-0.25, -0.2) is 0 Å². The van der Waals surface area contributed by atoms with E-state index in [9.17, 15) is 0 Å². The van der Waals surface area contributed by atoms with Crippen molar-refractivity contribution in [1.29, 1.82) is 0 Å². The summed E-state index contributed by atoms with van der Waals surface area (Å²) in [6.07, 6.45) is 5.68. The minimum absolute atomic E-state index is 0.382. The second-order valence-corrected chi connectivity index (χ2v) is 7.97. The van der Waals surface area contributed by atoms with Crippen molar-refractivity contribution in [3.05, 3.63) is 0 Å². The molecule has 3 rings (SSSR count). The van der Waals surface area contributed by atoms with Crippen LogP contribution >= 0.6 is 0 Å². The normalized spacial score (nSPS) is 38.0. The van der Waals surface area contributed by atoms with Crippen molar-refractivity contribution < 1.29 is 4.74 Å². The average molecular weight is 280 g/mol. The van der Waals surface area contributed by atoms with Crippen LogP contribution in [0.15, 0.2) is 0 Å². The molecule has 3 unspecified atom stereocenters. The Labute approximate surface area is 124 Å². The van der Waals surface area contributed by atoms with E-state index < -0.39 is 0 Å². The Morgan fingerprint density at radius 1 is 1.25 bits per heavy atom. The van der Waals surface area contributed by atoms with Crippen LogP contribution in [0.4, 0.5) is 0 Å². The van der Waals surface area contributed by atoms with Gasteiger partial charge in [0.1, 0.15) is 0 Å². The maximum Gasteiger partial charge on any atom is 0.0547 e. The van der Waals surface area contributed by atoms with Gasteiger partial charge in [0.25, 0.3) is 0 Å². The van der Waals surface area contributed by atoms with Gasteiger partial charge >= 0.3 is 0 Å². The topological polar surface area (TPSA) is 24.5 Å². The van der Waals surface area contributed by atoms with E-state index >= 15 is 0 Å². The SMILES string of the molecule is CC(C)CNCC1(CN2CC3CCCC3C2)CCOC1. The molecule has 2 aliphatic heterocycles. The van der Waals surface area contributed by atoms with E-state index in [1.807, 2.05) is 0 Å². The second kappa shape index (κ2) is 6.33. The number of nitrogens with one attached hydrogen (secondary N) is 1. The first-order valence-electron chi connectivity index (χ1n) is 8.68. The van der Waals surface area contributed by atoms with Gasteiger partial charge in [0, 0.05) is 38.2 Å². The Morgan fingerprint density at radius 2 is 2.00 bits per heavy atom. The average Bonchev–Trinajstić information content (AvgIpc) is 3.05. The van der Waals surface area contributed by atoms with Crippen LogP contribution in [0, 0.1) is 23.2 Å². The summed E-state index contributed by atoms with van der Waals surface area (Å²) in [4.78, 5) is 2.75. The molecule has 3 heteroatoms. The first-order valence-corrected chi connectivity index (χ1v) is 8.68. The van der Waals surface area contributed by atoms with Gasteiger partial charge < -0.3 is 15.0 Å². The number of rotatable bonds is 6. The van der Waals surface area contributed by atoms with Gasteiger partial charge in [0.2, 0.25) is 0 Å². The number of hydrogen-bond acceptors (Lipinski definition) is 3. The van der Waals surface area contributed by atoms with Gasteiger partial charge in [-0.05, 0) is 43.6 Å². The second-order valence-electron chi connectivity index (χ2n) is 7.97. The largest absolute Gasteiger partial charge is 0.381 e. The fraction of sp³-hybridized carbons (Fsp3) is 1.00. The minimum Gasteiger partial charge on any atom is -0.381 e. The fourth-order valence-electron chi connectivity index (χ4n) is 4.53. The highest BCUT2D eigenvalue weighted by Crippen LogP contribution is 2.39. The van der Waals surface area contributed by atoms with Crippen molar-refractivity contribution in [2.75, 3.05) is 45.9 Å². The molecule has 116 valence electrons. The van der Waals surface area contributed by atoms with E-state index in [2.05, 4.69) is 24.1 Å². The maximum absolute atomic E-state index is 5.76. The monoisotopic (exact) mass is 280 g/mol. The molecule has 20 heavy (non-hydrogen) atoms. The van der Waals surface area contributed by atoms with Gasteiger partial charge in [-0.2, -0.15) is 0 Å². The zero-order chi connectivity index (χ0) is 14.0. The molecule has 3 aliphatic rings. The Kier molecular flexibility index (Phi) is 4.68. The number of likely N-dealkylation sites (tertiary alicyclic amines) is 1. The van der Waals surface area contributed by atoms with Crippen LogP contribution in [-0.2, 0) is 4.74 Å². The summed E-state index contributed by atoms with van der Waals surface area (Å²) in [5, 5.41) is 3.69. The van der Waals surface area contributed by atoms with E-state index in [0.717, 1.165) is 44.1 Å². The molecular formula is C17H32N2O. The molecule has 0 aromatic rings. The first-order chi connectivity index (χ1) is 9.67. The first kappa shape index (κ1) is 14.8. The predicted octanol–water partition coefficient (Wildman–Crippen LogP) is 2.37. The summed E-state index contributed by atoms with van der Waals surface area (Å²) in [6.45, 7) is 12.7. The zero-order valence-corrected chi connectivity index (χ0v) is 13.4. The van der Waals surface area contributed by atoms with Crippen molar-refractivity contribution >= 4 is 0 Å². The third kappa shape index (κ3) is 3.37. The molecule has 1 saturated carbocycles. The molecule has 1 N–H and O–H groups in total. The van der Waals surface area contributed by atoms with Crippen molar-refractivity contribution in [2.24, 2.45) is 23.2 Å². The van der Waals surface area contributed by atoms with Gasteiger partial charge in [-0.3, -0.25) is 0 Å². The fourth-order valence-corrected chi connectivity index (χ4v) is 4.53. The molecule has 0 aromatic heterocycles. The van der Waals surface area contributed by atoms with Crippen molar-refractivity contribution in [1.82, 2.24) is 10.2 Å².